The van der Waals surface area contributed by atoms with Gasteiger partial charge in [-0.1, -0.05) is 6.92 Å². The summed E-state index contributed by atoms with van der Waals surface area (Å²) in [6, 6.07) is 2.92. The van der Waals surface area contributed by atoms with E-state index in [-0.39, 0.29) is 11.0 Å². The first kappa shape index (κ1) is 16.2. The number of sulfonamides is 1. The first-order valence-electron chi connectivity index (χ1n) is 7.12. The van der Waals surface area contributed by atoms with Gasteiger partial charge >= 0.3 is 0 Å². The third-order valence-electron chi connectivity index (χ3n) is 3.42. The highest BCUT2D eigenvalue weighted by Crippen LogP contribution is 2.23. The molecule has 1 aromatic heterocycles. The van der Waals surface area contributed by atoms with Crippen LogP contribution in [0.3, 0.4) is 0 Å². The van der Waals surface area contributed by atoms with Crippen LogP contribution < -0.4 is 11.3 Å². The molecule has 1 saturated heterocycles. The summed E-state index contributed by atoms with van der Waals surface area (Å²) in [5.74, 6) is 5.60. The highest BCUT2D eigenvalue weighted by Gasteiger charge is 2.30. The molecular formula is C13H22N4O3S. The highest BCUT2D eigenvalue weighted by atomic mass is 32.2. The molecule has 0 bridgehead atoms. The second-order valence-electron chi connectivity index (χ2n) is 5.02. The van der Waals surface area contributed by atoms with Crippen LogP contribution >= 0.6 is 0 Å². The maximum Gasteiger partial charge on any atom is 0.243 e. The van der Waals surface area contributed by atoms with Crippen molar-refractivity contribution in [2.75, 3.05) is 25.1 Å². The van der Waals surface area contributed by atoms with E-state index in [0.29, 0.717) is 25.5 Å². The van der Waals surface area contributed by atoms with Crippen LogP contribution in [-0.2, 0) is 14.8 Å². The van der Waals surface area contributed by atoms with Crippen molar-refractivity contribution in [1.29, 1.82) is 0 Å². The van der Waals surface area contributed by atoms with Crippen LogP contribution in [0.4, 0.5) is 5.82 Å². The minimum absolute atomic E-state index is 0.0255. The Bertz CT molecular complexity index is 564. The SMILES string of the molecule is CCCOC1CCCN(S(=O)(=O)c2ccnc(NN)c2)C1. The van der Waals surface area contributed by atoms with Crippen molar-refractivity contribution in [3.8, 4) is 0 Å². The lowest BCUT2D eigenvalue weighted by molar-refractivity contribution is 0.0193. The third-order valence-corrected chi connectivity index (χ3v) is 5.28. The molecule has 1 unspecified atom stereocenters. The van der Waals surface area contributed by atoms with Crippen molar-refractivity contribution in [2.24, 2.45) is 5.84 Å². The van der Waals surface area contributed by atoms with Crippen molar-refractivity contribution in [3.63, 3.8) is 0 Å². The maximum atomic E-state index is 12.6. The van der Waals surface area contributed by atoms with Gasteiger partial charge in [0.05, 0.1) is 11.0 Å². The fourth-order valence-electron chi connectivity index (χ4n) is 2.34. The van der Waals surface area contributed by atoms with Gasteiger partial charge < -0.3 is 10.2 Å². The van der Waals surface area contributed by atoms with E-state index in [1.165, 1.54) is 22.6 Å². The number of piperidine rings is 1. The van der Waals surface area contributed by atoms with Crippen molar-refractivity contribution in [1.82, 2.24) is 9.29 Å². The zero-order chi connectivity index (χ0) is 15.3. The molecule has 1 aliphatic heterocycles. The Morgan fingerprint density at radius 1 is 1.57 bits per heavy atom. The van der Waals surface area contributed by atoms with Crippen LogP contribution in [0.2, 0.25) is 0 Å². The number of nitrogens with zero attached hydrogens (tertiary/aromatic N) is 2. The number of hydrazine groups is 1. The molecule has 0 aliphatic carbocycles. The number of nitrogens with one attached hydrogen (secondary N) is 1. The van der Waals surface area contributed by atoms with Crippen molar-refractivity contribution in [3.05, 3.63) is 18.3 Å². The predicted molar refractivity (Wildman–Crippen MR) is 80.1 cm³/mol. The minimum atomic E-state index is -3.53. The van der Waals surface area contributed by atoms with E-state index in [1.54, 1.807) is 0 Å². The summed E-state index contributed by atoms with van der Waals surface area (Å²) in [7, 11) is -3.53. The number of nitrogen functional groups attached to an aromatic ring is 1. The summed E-state index contributed by atoms with van der Waals surface area (Å²) in [5, 5.41) is 0. The van der Waals surface area contributed by atoms with Crippen LogP contribution in [0, 0.1) is 0 Å². The lowest BCUT2D eigenvalue weighted by Crippen LogP contribution is -2.43. The smallest absolute Gasteiger partial charge is 0.243 e. The van der Waals surface area contributed by atoms with E-state index in [1.807, 2.05) is 6.92 Å². The molecular weight excluding hydrogens is 292 g/mol. The van der Waals surface area contributed by atoms with Crippen LogP contribution in [-0.4, -0.2) is 43.5 Å². The van der Waals surface area contributed by atoms with Gasteiger partial charge in [-0.25, -0.2) is 19.2 Å². The first-order chi connectivity index (χ1) is 10.1. The van der Waals surface area contributed by atoms with E-state index in [9.17, 15) is 8.42 Å². The summed E-state index contributed by atoms with van der Waals surface area (Å²) in [6.07, 6.45) is 4.04. The number of pyridine rings is 1. The van der Waals surface area contributed by atoms with E-state index >= 15 is 0 Å². The zero-order valence-electron chi connectivity index (χ0n) is 12.2. The summed E-state index contributed by atoms with van der Waals surface area (Å²) in [4.78, 5) is 4.12. The van der Waals surface area contributed by atoms with E-state index in [0.717, 1.165) is 19.3 Å². The summed E-state index contributed by atoms with van der Waals surface area (Å²) in [6.45, 7) is 3.61. The molecule has 0 radical (unpaired) electrons. The quantitative estimate of drug-likeness (QED) is 0.599. The molecule has 1 aromatic rings. The normalized spacial score (nSPS) is 20.4. The van der Waals surface area contributed by atoms with Gasteiger partial charge in [0.15, 0.2) is 0 Å². The summed E-state index contributed by atoms with van der Waals surface area (Å²) < 4.78 is 32.5. The second-order valence-corrected chi connectivity index (χ2v) is 6.96. The Kier molecular flexibility index (Phi) is 5.51. The topological polar surface area (TPSA) is 97.5 Å². The third kappa shape index (κ3) is 3.91. The van der Waals surface area contributed by atoms with Crippen molar-refractivity contribution < 1.29 is 13.2 Å². The molecule has 2 heterocycles. The Morgan fingerprint density at radius 3 is 3.10 bits per heavy atom. The van der Waals surface area contributed by atoms with Gasteiger partial charge in [0.2, 0.25) is 10.0 Å². The highest BCUT2D eigenvalue weighted by molar-refractivity contribution is 7.89. The summed E-state index contributed by atoms with van der Waals surface area (Å²) >= 11 is 0. The van der Waals surface area contributed by atoms with E-state index in [2.05, 4.69) is 10.4 Å². The maximum absolute atomic E-state index is 12.6. The molecule has 118 valence electrons. The first-order valence-corrected chi connectivity index (χ1v) is 8.56. The molecule has 3 N–H and O–H groups in total. The van der Waals surface area contributed by atoms with E-state index < -0.39 is 10.0 Å². The minimum Gasteiger partial charge on any atom is -0.377 e. The molecule has 7 nitrogen and oxygen atoms in total. The summed E-state index contributed by atoms with van der Waals surface area (Å²) in [5.41, 5.74) is 2.36. The van der Waals surface area contributed by atoms with Crippen molar-refractivity contribution in [2.45, 2.75) is 37.2 Å². The molecule has 1 aliphatic rings. The number of aromatic nitrogens is 1. The van der Waals surface area contributed by atoms with Gasteiger partial charge in [0, 0.05) is 32.0 Å². The molecule has 1 fully saturated rings. The van der Waals surface area contributed by atoms with Crippen molar-refractivity contribution >= 4 is 15.8 Å². The standard InChI is InChI=1S/C13H22N4O3S/c1-2-8-20-11-4-3-7-17(10-11)21(18,19)12-5-6-15-13(9-12)16-14/h5-6,9,11H,2-4,7-8,10,14H2,1H3,(H,15,16). The Balaban J connectivity index is 2.14. The predicted octanol–water partition coefficient (Wildman–Crippen LogP) is 0.947. The monoisotopic (exact) mass is 314 g/mol. The zero-order valence-corrected chi connectivity index (χ0v) is 13.0. The molecule has 0 spiro atoms. The molecule has 8 heteroatoms. The van der Waals surface area contributed by atoms with Gasteiger partial charge in [0.1, 0.15) is 5.82 Å². The van der Waals surface area contributed by atoms with E-state index in [4.69, 9.17) is 10.6 Å². The Hall–Kier alpha value is -1.22. The molecule has 2 rings (SSSR count). The van der Waals surface area contributed by atoms with Crippen LogP contribution in [0.1, 0.15) is 26.2 Å². The fourth-order valence-corrected chi connectivity index (χ4v) is 3.87. The number of hydrogen-bond donors (Lipinski definition) is 2. The fraction of sp³-hybridized carbons (Fsp3) is 0.615. The lowest BCUT2D eigenvalue weighted by Gasteiger charge is -2.31. The van der Waals surface area contributed by atoms with Gasteiger partial charge in [0.25, 0.3) is 0 Å². The largest absolute Gasteiger partial charge is 0.377 e. The number of hydrogen-bond acceptors (Lipinski definition) is 6. The van der Waals surface area contributed by atoms with Gasteiger partial charge in [-0.2, -0.15) is 4.31 Å². The van der Waals surface area contributed by atoms with Gasteiger partial charge in [-0.05, 0) is 25.3 Å². The lowest BCUT2D eigenvalue weighted by atomic mass is 10.1. The second kappa shape index (κ2) is 7.17. The average Bonchev–Trinajstić information content (AvgIpc) is 2.53. The van der Waals surface area contributed by atoms with Gasteiger partial charge in [-0.3, -0.25) is 0 Å². The molecule has 0 saturated carbocycles. The molecule has 1 atom stereocenters. The van der Waals surface area contributed by atoms with Crippen LogP contribution in [0.25, 0.3) is 0 Å². The van der Waals surface area contributed by atoms with Gasteiger partial charge in [-0.15, -0.1) is 0 Å². The number of anilines is 1. The number of rotatable bonds is 6. The van der Waals surface area contributed by atoms with Crippen LogP contribution in [0.15, 0.2) is 23.2 Å². The Labute approximate surface area is 125 Å². The molecule has 0 amide bonds. The van der Waals surface area contributed by atoms with Crippen LogP contribution in [0.5, 0.6) is 0 Å². The molecule has 21 heavy (non-hydrogen) atoms. The number of ether oxygens (including phenoxy) is 1. The molecule has 0 aromatic carbocycles. The Morgan fingerprint density at radius 2 is 2.38 bits per heavy atom. The average molecular weight is 314 g/mol. The number of nitrogens with two attached hydrogens (primary N) is 1.